The molecule has 2 aliphatic rings. The van der Waals surface area contributed by atoms with E-state index in [0.717, 1.165) is 24.7 Å². The Labute approximate surface area is 94.2 Å². The summed E-state index contributed by atoms with van der Waals surface area (Å²) in [6, 6.07) is 0.584. The molecule has 0 aromatic carbocycles. The van der Waals surface area contributed by atoms with Gasteiger partial charge in [0, 0.05) is 23.8 Å². The molecule has 0 bridgehead atoms. The minimum atomic E-state index is 0.356. The van der Waals surface area contributed by atoms with Crippen LogP contribution in [-0.4, -0.2) is 28.7 Å². The highest BCUT2D eigenvalue weighted by molar-refractivity contribution is 9.09. The van der Waals surface area contributed by atoms with Crippen molar-refractivity contribution < 1.29 is 4.79 Å². The number of hydrogen-bond donors (Lipinski definition) is 0. The Morgan fingerprint density at radius 1 is 1.21 bits per heavy atom. The summed E-state index contributed by atoms with van der Waals surface area (Å²) in [7, 11) is 0. The average Bonchev–Trinajstić information content (AvgIpc) is 2.88. The van der Waals surface area contributed by atoms with Crippen molar-refractivity contribution in [2.45, 2.75) is 44.6 Å². The first-order valence-corrected chi connectivity index (χ1v) is 6.81. The van der Waals surface area contributed by atoms with Gasteiger partial charge in [-0.3, -0.25) is 4.79 Å². The van der Waals surface area contributed by atoms with E-state index < -0.39 is 0 Å². The first kappa shape index (κ1) is 10.5. The second kappa shape index (κ2) is 4.65. The zero-order valence-corrected chi connectivity index (χ0v) is 10.1. The van der Waals surface area contributed by atoms with Crippen molar-refractivity contribution in [3.63, 3.8) is 0 Å². The molecule has 2 rings (SSSR count). The van der Waals surface area contributed by atoms with E-state index >= 15 is 0 Å². The number of hydrogen-bond acceptors (Lipinski definition) is 1. The predicted molar refractivity (Wildman–Crippen MR) is 60.5 cm³/mol. The van der Waals surface area contributed by atoms with Gasteiger partial charge in [0.25, 0.3) is 0 Å². The second-order valence-corrected chi connectivity index (χ2v) is 5.23. The number of carbonyl (C=O) groups is 1. The molecule has 0 aromatic heterocycles. The maximum atomic E-state index is 12.1. The van der Waals surface area contributed by atoms with E-state index in [1.165, 1.54) is 25.7 Å². The molecule has 0 atom stereocenters. The summed E-state index contributed by atoms with van der Waals surface area (Å²) in [5, 5.41) is 0.919. The van der Waals surface area contributed by atoms with Gasteiger partial charge in [-0.15, -0.1) is 0 Å². The van der Waals surface area contributed by atoms with Crippen LogP contribution in [0.4, 0.5) is 0 Å². The topological polar surface area (TPSA) is 20.3 Å². The molecule has 2 aliphatic carbocycles. The van der Waals surface area contributed by atoms with Gasteiger partial charge < -0.3 is 4.90 Å². The van der Waals surface area contributed by atoms with Crippen LogP contribution in [-0.2, 0) is 4.79 Å². The van der Waals surface area contributed by atoms with Crippen molar-refractivity contribution in [1.82, 2.24) is 4.90 Å². The van der Waals surface area contributed by atoms with Crippen molar-refractivity contribution in [3.05, 3.63) is 0 Å². The summed E-state index contributed by atoms with van der Waals surface area (Å²) in [6.45, 7) is 0.903. The summed E-state index contributed by atoms with van der Waals surface area (Å²) >= 11 is 3.43. The second-order valence-electron chi connectivity index (χ2n) is 4.43. The van der Waals surface area contributed by atoms with Gasteiger partial charge in [-0.05, 0) is 25.7 Å². The number of amides is 1. The first-order valence-electron chi connectivity index (χ1n) is 5.69. The lowest BCUT2D eigenvalue weighted by Crippen LogP contribution is -2.38. The molecule has 3 heteroatoms. The van der Waals surface area contributed by atoms with Crippen LogP contribution in [0.1, 0.15) is 38.5 Å². The highest BCUT2D eigenvalue weighted by Crippen LogP contribution is 2.32. The fraction of sp³-hybridized carbons (Fsp3) is 0.909. The number of nitrogens with zero attached hydrogens (tertiary/aromatic N) is 1. The quantitative estimate of drug-likeness (QED) is 0.711. The van der Waals surface area contributed by atoms with Gasteiger partial charge in [-0.2, -0.15) is 0 Å². The summed E-state index contributed by atoms with van der Waals surface area (Å²) < 4.78 is 0. The van der Waals surface area contributed by atoms with Gasteiger partial charge in [-0.25, -0.2) is 0 Å². The molecule has 1 amide bonds. The van der Waals surface area contributed by atoms with Crippen molar-refractivity contribution in [2.24, 2.45) is 5.92 Å². The van der Waals surface area contributed by atoms with Gasteiger partial charge in [0.15, 0.2) is 0 Å². The van der Waals surface area contributed by atoms with Crippen molar-refractivity contribution in [1.29, 1.82) is 0 Å². The van der Waals surface area contributed by atoms with Crippen LogP contribution in [0.5, 0.6) is 0 Å². The number of halogens is 1. The van der Waals surface area contributed by atoms with E-state index in [1.807, 2.05) is 0 Å². The van der Waals surface area contributed by atoms with Crippen LogP contribution in [0.2, 0.25) is 0 Å². The smallest absolute Gasteiger partial charge is 0.225 e. The molecule has 0 unspecified atom stereocenters. The molecule has 0 aliphatic heterocycles. The van der Waals surface area contributed by atoms with E-state index in [-0.39, 0.29) is 0 Å². The molecule has 0 radical (unpaired) electrons. The standard InChI is InChI=1S/C11H18BrNO/c12-7-8-13(10-5-6-10)11(14)9-3-1-2-4-9/h9-10H,1-8H2. The summed E-state index contributed by atoms with van der Waals surface area (Å²) in [6.07, 6.45) is 7.22. The monoisotopic (exact) mass is 259 g/mol. The van der Waals surface area contributed by atoms with Crippen molar-refractivity contribution >= 4 is 21.8 Å². The van der Waals surface area contributed by atoms with Crippen LogP contribution in [0.25, 0.3) is 0 Å². The summed E-state index contributed by atoms with van der Waals surface area (Å²) in [5.41, 5.74) is 0. The van der Waals surface area contributed by atoms with Gasteiger partial charge in [0.2, 0.25) is 5.91 Å². The molecular weight excluding hydrogens is 242 g/mol. The number of alkyl halides is 1. The number of carbonyl (C=O) groups excluding carboxylic acids is 1. The molecule has 0 aromatic rings. The van der Waals surface area contributed by atoms with Gasteiger partial charge in [-0.1, -0.05) is 28.8 Å². The Balaban J connectivity index is 1.91. The average molecular weight is 260 g/mol. The van der Waals surface area contributed by atoms with Crippen LogP contribution in [0.3, 0.4) is 0 Å². The Morgan fingerprint density at radius 3 is 2.36 bits per heavy atom. The summed E-state index contributed by atoms with van der Waals surface area (Å²) in [5.74, 6) is 0.791. The van der Waals surface area contributed by atoms with E-state index in [1.54, 1.807) is 0 Å². The lowest BCUT2D eigenvalue weighted by atomic mass is 10.1. The lowest BCUT2D eigenvalue weighted by Gasteiger charge is -2.24. The molecule has 14 heavy (non-hydrogen) atoms. The highest BCUT2D eigenvalue weighted by atomic mass is 79.9. The minimum Gasteiger partial charge on any atom is -0.339 e. The minimum absolute atomic E-state index is 0.356. The van der Waals surface area contributed by atoms with Gasteiger partial charge in [0.1, 0.15) is 0 Å². The third kappa shape index (κ3) is 2.30. The maximum absolute atomic E-state index is 12.1. The molecule has 0 heterocycles. The normalized spacial score (nSPS) is 22.6. The van der Waals surface area contributed by atoms with Crippen LogP contribution < -0.4 is 0 Å². The molecule has 0 N–H and O–H groups in total. The maximum Gasteiger partial charge on any atom is 0.225 e. The Hall–Kier alpha value is -0.0500. The summed E-state index contributed by atoms with van der Waals surface area (Å²) in [4.78, 5) is 14.2. The zero-order valence-electron chi connectivity index (χ0n) is 8.54. The van der Waals surface area contributed by atoms with E-state index in [4.69, 9.17) is 0 Å². The fourth-order valence-corrected chi connectivity index (χ4v) is 2.74. The molecular formula is C11H18BrNO. The molecule has 2 saturated carbocycles. The Bertz CT molecular complexity index is 209. The highest BCUT2D eigenvalue weighted by Gasteiger charge is 2.35. The van der Waals surface area contributed by atoms with E-state index in [9.17, 15) is 4.79 Å². The lowest BCUT2D eigenvalue weighted by molar-refractivity contribution is -0.135. The molecule has 2 fully saturated rings. The van der Waals surface area contributed by atoms with Crippen molar-refractivity contribution in [3.8, 4) is 0 Å². The van der Waals surface area contributed by atoms with E-state index in [2.05, 4.69) is 20.8 Å². The number of rotatable bonds is 4. The predicted octanol–water partition coefficient (Wildman–Crippen LogP) is 2.56. The third-order valence-electron chi connectivity index (χ3n) is 3.30. The molecule has 80 valence electrons. The SMILES string of the molecule is O=C(C1CCCC1)N(CCBr)C1CC1. The van der Waals surface area contributed by atoms with Crippen LogP contribution in [0.15, 0.2) is 0 Å². The van der Waals surface area contributed by atoms with E-state index in [0.29, 0.717) is 17.9 Å². The van der Waals surface area contributed by atoms with Gasteiger partial charge >= 0.3 is 0 Å². The van der Waals surface area contributed by atoms with Crippen molar-refractivity contribution in [2.75, 3.05) is 11.9 Å². The fourth-order valence-electron chi connectivity index (χ4n) is 2.36. The third-order valence-corrected chi connectivity index (χ3v) is 3.66. The Morgan fingerprint density at radius 2 is 1.86 bits per heavy atom. The molecule has 2 nitrogen and oxygen atoms in total. The Kier molecular flexibility index (Phi) is 3.47. The van der Waals surface area contributed by atoms with Crippen LogP contribution in [0, 0.1) is 5.92 Å². The first-order chi connectivity index (χ1) is 6.83. The van der Waals surface area contributed by atoms with Crippen LogP contribution >= 0.6 is 15.9 Å². The zero-order chi connectivity index (χ0) is 9.97. The van der Waals surface area contributed by atoms with Gasteiger partial charge in [0.05, 0.1) is 0 Å². The molecule has 0 saturated heterocycles. The largest absolute Gasteiger partial charge is 0.339 e. The molecule has 0 spiro atoms.